The Kier molecular flexibility index (Phi) is 6.02. The van der Waals surface area contributed by atoms with E-state index >= 15 is 0 Å². The van der Waals surface area contributed by atoms with Gasteiger partial charge < -0.3 is 20.8 Å². The third-order valence-electron chi connectivity index (χ3n) is 4.68. The average Bonchev–Trinajstić information content (AvgIpc) is 2.77. The predicted molar refractivity (Wildman–Crippen MR) is 119 cm³/mol. The summed E-state index contributed by atoms with van der Waals surface area (Å²) in [6.45, 7) is 1.79. The Bertz CT molecular complexity index is 1340. The van der Waals surface area contributed by atoms with Gasteiger partial charge in [0, 0.05) is 12.1 Å². The first-order valence-corrected chi connectivity index (χ1v) is 9.94. The molecule has 0 amide bonds. The van der Waals surface area contributed by atoms with Gasteiger partial charge in [-0.05, 0) is 30.7 Å². The second-order valence-corrected chi connectivity index (χ2v) is 7.06. The van der Waals surface area contributed by atoms with Crippen LogP contribution < -0.4 is 16.6 Å². The molecule has 4 rings (SSSR count). The fourth-order valence-electron chi connectivity index (χ4n) is 3.08. The number of fused-ring (bicyclic) bond motifs is 1. The summed E-state index contributed by atoms with van der Waals surface area (Å²) in [7, 11) is 0. The Morgan fingerprint density at radius 1 is 1.06 bits per heavy atom. The normalized spacial score (nSPS) is 10.8. The summed E-state index contributed by atoms with van der Waals surface area (Å²) in [4.78, 5) is 43.7. The van der Waals surface area contributed by atoms with E-state index in [1.807, 2.05) is 31.2 Å². The van der Waals surface area contributed by atoms with Gasteiger partial charge in [-0.25, -0.2) is 4.98 Å². The molecule has 0 aliphatic heterocycles. The van der Waals surface area contributed by atoms with Crippen LogP contribution in [0.25, 0.3) is 10.9 Å². The summed E-state index contributed by atoms with van der Waals surface area (Å²) in [5.74, 6) is 0.433. The maximum atomic E-state index is 12.2. The van der Waals surface area contributed by atoms with Crippen molar-refractivity contribution < 1.29 is 9.53 Å². The number of H-pyrrole nitrogens is 1. The lowest BCUT2D eigenvalue weighted by Gasteiger charge is -2.10. The number of aromatic nitrogens is 5. The van der Waals surface area contributed by atoms with Crippen LogP contribution in [-0.2, 0) is 22.6 Å². The molecule has 10 nitrogen and oxygen atoms in total. The van der Waals surface area contributed by atoms with Gasteiger partial charge in [-0.2, -0.15) is 15.0 Å². The molecule has 0 atom stereocenters. The third kappa shape index (κ3) is 5.04. The van der Waals surface area contributed by atoms with E-state index in [9.17, 15) is 9.59 Å². The van der Waals surface area contributed by atoms with Gasteiger partial charge in [0.2, 0.25) is 11.9 Å². The number of aryl methyl sites for hydroxylation is 2. The quantitative estimate of drug-likeness (QED) is 0.375. The Hall–Kier alpha value is -4.34. The fourth-order valence-corrected chi connectivity index (χ4v) is 3.08. The molecule has 2 heterocycles. The van der Waals surface area contributed by atoms with Crippen molar-refractivity contribution in [3.05, 3.63) is 76.1 Å². The van der Waals surface area contributed by atoms with Crippen molar-refractivity contribution in [2.24, 2.45) is 0 Å². The van der Waals surface area contributed by atoms with Crippen molar-refractivity contribution in [3.8, 4) is 0 Å². The SMILES string of the molecule is Cc1ccccc1Nc1nc(N)nc(COC(=O)CCc2nc3ccccc3c(=O)[nH]2)n1. The first-order chi connectivity index (χ1) is 15.5. The van der Waals surface area contributed by atoms with Crippen LogP contribution in [0.2, 0.25) is 0 Å². The highest BCUT2D eigenvalue weighted by molar-refractivity contribution is 5.77. The van der Waals surface area contributed by atoms with E-state index in [2.05, 4.69) is 30.2 Å². The van der Waals surface area contributed by atoms with Crippen molar-refractivity contribution in [3.63, 3.8) is 0 Å². The van der Waals surface area contributed by atoms with Crippen LogP contribution >= 0.6 is 0 Å². The predicted octanol–water partition coefficient (Wildman–Crippen LogP) is 2.42. The van der Waals surface area contributed by atoms with Gasteiger partial charge in [-0.15, -0.1) is 0 Å². The van der Waals surface area contributed by atoms with E-state index in [1.54, 1.807) is 24.3 Å². The van der Waals surface area contributed by atoms with Crippen LogP contribution in [0.5, 0.6) is 0 Å². The lowest BCUT2D eigenvalue weighted by molar-refractivity contribution is -0.145. The summed E-state index contributed by atoms with van der Waals surface area (Å²) in [5, 5.41) is 3.58. The molecule has 4 N–H and O–H groups in total. The minimum Gasteiger partial charge on any atom is -0.457 e. The summed E-state index contributed by atoms with van der Waals surface area (Å²) in [5.41, 5.74) is 7.95. The zero-order valence-corrected chi connectivity index (χ0v) is 17.3. The largest absolute Gasteiger partial charge is 0.457 e. The van der Waals surface area contributed by atoms with Gasteiger partial charge in [0.05, 0.1) is 17.3 Å². The summed E-state index contributed by atoms with van der Waals surface area (Å²) < 4.78 is 5.26. The molecule has 4 aromatic rings. The molecule has 0 radical (unpaired) electrons. The van der Waals surface area contributed by atoms with E-state index in [4.69, 9.17) is 10.5 Å². The van der Waals surface area contributed by atoms with Crippen molar-refractivity contribution >= 4 is 34.5 Å². The smallest absolute Gasteiger partial charge is 0.306 e. The number of para-hydroxylation sites is 2. The fraction of sp³-hybridized carbons (Fsp3) is 0.182. The molecular weight excluding hydrogens is 410 g/mol. The number of nitrogens with two attached hydrogens (primary N) is 1. The Morgan fingerprint density at radius 2 is 1.84 bits per heavy atom. The minimum atomic E-state index is -0.479. The highest BCUT2D eigenvalue weighted by Crippen LogP contribution is 2.18. The number of nitrogen functional groups attached to an aromatic ring is 1. The number of hydrogen-bond donors (Lipinski definition) is 3. The molecule has 2 aromatic carbocycles. The average molecular weight is 431 g/mol. The Balaban J connectivity index is 1.36. The zero-order valence-electron chi connectivity index (χ0n) is 17.3. The zero-order chi connectivity index (χ0) is 22.5. The molecule has 0 aliphatic carbocycles. The van der Waals surface area contributed by atoms with E-state index in [0.29, 0.717) is 16.7 Å². The summed E-state index contributed by atoms with van der Waals surface area (Å²) >= 11 is 0. The first kappa shape index (κ1) is 20.9. The van der Waals surface area contributed by atoms with Gasteiger partial charge >= 0.3 is 5.97 Å². The number of hydrogen-bond acceptors (Lipinski definition) is 9. The number of ether oxygens (including phenoxy) is 1. The number of nitrogens with zero attached hydrogens (tertiary/aromatic N) is 4. The van der Waals surface area contributed by atoms with Gasteiger partial charge in [-0.3, -0.25) is 9.59 Å². The standard InChI is InChI=1S/C22H21N7O3/c1-13-6-2-4-8-15(13)25-22-28-18(27-21(23)29-22)12-32-19(30)11-10-17-24-16-9-5-3-7-14(16)20(31)26-17/h2-9H,10-12H2,1H3,(H,24,26,31)(H3,23,25,27,28,29). The number of carbonyl (C=O) groups excluding carboxylic acids is 1. The van der Waals surface area contributed by atoms with E-state index < -0.39 is 5.97 Å². The van der Waals surface area contributed by atoms with Crippen LogP contribution in [-0.4, -0.2) is 30.9 Å². The number of esters is 1. The number of carbonyl (C=O) groups is 1. The van der Waals surface area contributed by atoms with Crippen molar-refractivity contribution in [1.82, 2.24) is 24.9 Å². The monoisotopic (exact) mass is 431 g/mol. The maximum absolute atomic E-state index is 12.2. The molecule has 2 aromatic heterocycles. The minimum absolute atomic E-state index is 0.0140. The second-order valence-electron chi connectivity index (χ2n) is 7.06. The topological polar surface area (TPSA) is 149 Å². The second kappa shape index (κ2) is 9.21. The molecule has 0 unspecified atom stereocenters. The lowest BCUT2D eigenvalue weighted by Crippen LogP contribution is -2.14. The van der Waals surface area contributed by atoms with Crippen LogP contribution in [0.15, 0.2) is 53.3 Å². The Labute approximate surface area is 182 Å². The van der Waals surface area contributed by atoms with Crippen molar-refractivity contribution in [2.45, 2.75) is 26.4 Å². The molecule has 0 saturated heterocycles. The summed E-state index contributed by atoms with van der Waals surface area (Å²) in [6, 6.07) is 14.7. The van der Waals surface area contributed by atoms with Gasteiger partial charge in [0.1, 0.15) is 5.82 Å². The van der Waals surface area contributed by atoms with Crippen LogP contribution in [0.4, 0.5) is 17.6 Å². The Morgan fingerprint density at radius 3 is 2.69 bits per heavy atom. The van der Waals surface area contributed by atoms with Crippen LogP contribution in [0, 0.1) is 6.92 Å². The van der Waals surface area contributed by atoms with E-state index in [0.717, 1.165) is 11.3 Å². The maximum Gasteiger partial charge on any atom is 0.306 e. The third-order valence-corrected chi connectivity index (χ3v) is 4.68. The van der Waals surface area contributed by atoms with Gasteiger partial charge in [0.15, 0.2) is 12.4 Å². The number of anilines is 3. The molecule has 0 spiro atoms. The molecule has 0 bridgehead atoms. The number of nitrogens with one attached hydrogen (secondary N) is 2. The summed E-state index contributed by atoms with van der Waals surface area (Å²) in [6.07, 6.45) is 0.272. The molecule has 162 valence electrons. The van der Waals surface area contributed by atoms with E-state index in [1.165, 1.54) is 0 Å². The lowest BCUT2D eigenvalue weighted by atomic mass is 10.2. The highest BCUT2D eigenvalue weighted by Gasteiger charge is 2.11. The molecular formula is C22H21N7O3. The number of rotatable bonds is 7. The van der Waals surface area contributed by atoms with Crippen LogP contribution in [0.1, 0.15) is 23.6 Å². The number of aromatic amines is 1. The van der Waals surface area contributed by atoms with Crippen molar-refractivity contribution in [1.29, 1.82) is 0 Å². The molecule has 32 heavy (non-hydrogen) atoms. The van der Waals surface area contributed by atoms with Gasteiger partial charge in [-0.1, -0.05) is 30.3 Å². The molecule has 0 fully saturated rings. The van der Waals surface area contributed by atoms with E-state index in [-0.39, 0.29) is 42.7 Å². The van der Waals surface area contributed by atoms with Crippen LogP contribution in [0.3, 0.4) is 0 Å². The van der Waals surface area contributed by atoms with Gasteiger partial charge in [0.25, 0.3) is 5.56 Å². The van der Waals surface area contributed by atoms with Crippen molar-refractivity contribution in [2.75, 3.05) is 11.1 Å². The molecule has 0 saturated carbocycles. The molecule has 10 heteroatoms. The number of benzene rings is 2. The first-order valence-electron chi connectivity index (χ1n) is 9.94. The molecule has 0 aliphatic rings. The highest BCUT2D eigenvalue weighted by atomic mass is 16.5.